The molecule has 0 aliphatic heterocycles. The molecule has 0 aliphatic rings. The number of hydrogen-bond acceptors (Lipinski definition) is 2. The molecule has 0 aromatic heterocycles. The predicted octanol–water partition coefficient (Wildman–Crippen LogP) is 5.65. The summed E-state index contributed by atoms with van der Waals surface area (Å²) in [5.41, 5.74) is 0. The topological polar surface area (TPSA) is 12.5 Å². The summed E-state index contributed by atoms with van der Waals surface area (Å²) in [6, 6.07) is 0. The number of hydrogen-bond donors (Lipinski definition) is 0. The van der Waals surface area contributed by atoms with Crippen LogP contribution >= 0.6 is 0 Å². The van der Waals surface area contributed by atoms with Gasteiger partial charge in [-0.25, -0.2) is 0 Å². The summed E-state index contributed by atoms with van der Waals surface area (Å²) in [7, 11) is 4.24. The molecule has 0 fully saturated rings. The summed E-state index contributed by atoms with van der Waals surface area (Å²) < 4.78 is 6.12. The van der Waals surface area contributed by atoms with Crippen LogP contribution in [0.5, 0.6) is 0 Å². The second-order valence-corrected chi connectivity index (χ2v) is 6.70. The monoisotopic (exact) mass is 299 g/mol. The molecule has 0 rings (SSSR count). The maximum absolute atomic E-state index is 6.12. The van der Waals surface area contributed by atoms with Gasteiger partial charge in [0.2, 0.25) is 0 Å². The van der Waals surface area contributed by atoms with Gasteiger partial charge in [-0.2, -0.15) is 0 Å². The van der Waals surface area contributed by atoms with E-state index < -0.39 is 0 Å². The van der Waals surface area contributed by atoms with Gasteiger partial charge < -0.3 is 9.64 Å². The fourth-order valence-corrected chi connectivity index (χ4v) is 2.66. The van der Waals surface area contributed by atoms with Gasteiger partial charge in [-0.3, -0.25) is 0 Å². The van der Waals surface area contributed by atoms with Crippen molar-refractivity contribution in [3.05, 3.63) is 0 Å². The summed E-state index contributed by atoms with van der Waals surface area (Å²) in [4.78, 5) is 2.21. The highest BCUT2D eigenvalue weighted by atomic mass is 16.5. The number of ether oxygens (including phenoxy) is 1. The molecule has 2 nitrogen and oxygen atoms in total. The molecule has 0 saturated heterocycles. The molecular formula is C19H41NO. The molecule has 0 radical (unpaired) electrons. The molecule has 0 saturated carbocycles. The van der Waals surface area contributed by atoms with Crippen molar-refractivity contribution in [2.45, 2.75) is 97.0 Å². The first-order valence-corrected chi connectivity index (χ1v) is 9.47. The van der Waals surface area contributed by atoms with Crippen molar-refractivity contribution in [1.29, 1.82) is 0 Å². The highest BCUT2D eigenvalue weighted by molar-refractivity contribution is 4.61. The number of unbranched alkanes of at least 4 members (excludes halogenated alkanes) is 8. The third kappa shape index (κ3) is 16.1. The fourth-order valence-electron chi connectivity index (χ4n) is 2.66. The van der Waals surface area contributed by atoms with Crippen molar-refractivity contribution >= 4 is 0 Å². The Morgan fingerprint density at radius 3 is 1.62 bits per heavy atom. The second kappa shape index (κ2) is 16.3. The fraction of sp³-hybridized carbons (Fsp3) is 1.00. The van der Waals surface area contributed by atoms with E-state index in [4.69, 9.17) is 4.74 Å². The lowest BCUT2D eigenvalue weighted by molar-refractivity contribution is 0.0303. The van der Waals surface area contributed by atoms with Gasteiger partial charge in [-0.15, -0.1) is 0 Å². The van der Waals surface area contributed by atoms with Gasteiger partial charge in [-0.1, -0.05) is 78.1 Å². The van der Waals surface area contributed by atoms with Gasteiger partial charge >= 0.3 is 0 Å². The van der Waals surface area contributed by atoms with Crippen LogP contribution in [0.15, 0.2) is 0 Å². The smallest absolute Gasteiger partial charge is 0.0596 e. The Kier molecular flexibility index (Phi) is 16.2. The normalized spacial score (nSPS) is 11.7. The third-order valence-corrected chi connectivity index (χ3v) is 4.15. The van der Waals surface area contributed by atoms with E-state index in [1.165, 1.54) is 77.0 Å². The van der Waals surface area contributed by atoms with Crippen LogP contribution in [0.4, 0.5) is 0 Å². The van der Waals surface area contributed by atoms with Crippen LogP contribution in [0.25, 0.3) is 0 Å². The molecule has 21 heavy (non-hydrogen) atoms. The van der Waals surface area contributed by atoms with Gasteiger partial charge in [0.1, 0.15) is 0 Å². The first-order valence-electron chi connectivity index (χ1n) is 9.47. The van der Waals surface area contributed by atoms with Crippen molar-refractivity contribution in [2.24, 2.45) is 0 Å². The minimum absolute atomic E-state index is 0.508. The van der Waals surface area contributed by atoms with Crippen LogP contribution in [0, 0.1) is 0 Å². The largest absolute Gasteiger partial charge is 0.377 e. The van der Waals surface area contributed by atoms with Crippen LogP contribution < -0.4 is 0 Å². The average Bonchev–Trinajstić information content (AvgIpc) is 2.45. The standard InChI is InChI=1S/C19H41NO/c1-5-7-9-11-13-15-19(21-18-17-20(3)4)16-14-12-10-8-6-2/h19H,5-18H2,1-4H3. The highest BCUT2D eigenvalue weighted by Crippen LogP contribution is 2.16. The van der Waals surface area contributed by atoms with E-state index in [1.54, 1.807) is 0 Å². The molecule has 0 heterocycles. The first kappa shape index (κ1) is 20.9. The Labute approximate surface area is 134 Å². The van der Waals surface area contributed by atoms with Gasteiger partial charge in [0.25, 0.3) is 0 Å². The maximum Gasteiger partial charge on any atom is 0.0596 e. The molecule has 0 aromatic rings. The zero-order valence-corrected chi connectivity index (χ0v) is 15.3. The molecule has 0 aromatic carbocycles. The van der Waals surface area contributed by atoms with Crippen LogP contribution in [-0.2, 0) is 4.74 Å². The Morgan fingerprint density at radius 2 is 1.19 bits per heavy atom. The van der Waals surface area contributed by atoms with Crippen molar-refractivity contribution in [3.8, 4) is 0 Å². The zero-order chi connectivity index (χ0) is 15.8. The van der Waals surface area contributed by atoms with Crippen LogP contribution in [0.1, 0.15) is 90.9 Å². The van der Waals surface area contributed by atoms with E-state index in [-0.39, 0.29) is 0 Å². The Morgan fingerprint density at radius 1 is 0.714 bits per heavy atom. The van der Waals surface area contributed by atoms with Crippen LogP contribution in [0.3, 0.4) is 0 Å². The van der Waals surface area contributed by atoms with E-state index in [2.05, 4.69) is 32.8 Å². The van der Waals surface area contributed by atoms with Crippen molar-refractivity contribution in [1.82, 2.24) is 4.90 Å². The van der Waals surface area contributed by atoms with Crippen molar-refractivity contribution < 1.29 is 4.74 Å². The number of nitrogens with zero attached hydrogens (tertiary/aromatic N) is 1. The van der Waals surface area contributed by atoms with Gasteiger partial charge in [0.15, 0.2) is 0 Å². The third-order valence-electron chi connectivity index (χ3n) is 4.15. The van der Waals surface area contributed by atoms with Crippen LogP contribution in [0.2, 0.25) is 0 Å². The van der Waals surface area contributed by atoms with E-state index in [9.17, 15) is 0 Å². The Hall–Kier alpha value is -0.0800. The minimum atomic E-state index is 0.508. The number of likely N-dealkylation sites (N-methyl/N-ethyl adjacent to an activating group) is 1. The lowest BCUT2D eigenvalue weighted by atomic mass is 10.0. The molecule has 0 unspecified atom stereocenters. The number of rotatable bonds is 16. The maximum atomic E-state index is 6.12. The highest BCUT2D eigenvalue weighted by Gasteiger charge is 2.09. The molecule has 0 N–H and O–H groups in total. The van der Waals surface area contributed by atoms with Crippen LogP contribution in [-0.4, -0.2) is 38.3 Å². The first-order chi connectivity index (χ1) is 10.2. The summed E-state index contributed by atoms with van der Waals surface area (Å²) in [5.74, 6) is 0. The van der Waals surface area contributed by atoms with E-state index >= 15 is 0 Å². The van der Waals surface area contributed by atoms with Gasteiger partial charge in [-0.05, 0) is 26.9 Å². The molecule has 128 valence electrons. The van der Waals surface area contributed by atoms with E-state index in [0.29, 0.717) is 6.10 Å². The molecular weight excluding hydrogens is 258 g/mol. The Bertz CT molecular complexity index is 180. The summed E-state index contributed by atoms with van der Waals surface area (Å²) in [5, 5.41) is 0. The zero-order valence-electron chi connectivity index (χ0n) is 15.3. The van der Waals surface area contributed by atoms with Gasteiger partial charge in [0.05, 0.1) is 12.7 Å². The molecule has 0 atom stereocenters. The van der Waals surface area contributed by atoms with E-state index in [1.807, 2.05) is 0 Å². The average molecular weight is 300 g/mol. The Balaban J connectivity index is 3.74. The summed E-state index contributed by atoms with van der Waals surface area (Å²) in [6.07, 6.45) is 16.8. The molecule has 0 amide bonds. The van der Waals surface area contributed by atoms with Crippen molar-refractivity contribution in [2.75, 3.05) is 27.2 Å². The SMILES string of the molecule is CCCCCCCC(CCCCCCC)OCCN(C)C. The predicted molar refractivity (Wildman–Crippen MR) is 95.0 cm³/mol. The minimum Gasteiger partial charge on any atom is -0.377 e. The summed E-state index contributed by atoms with van der Waals surface area (Å²) in [6.45, 7) is 6.50. The summed E-state index contributed by atoms with van der Waals surface area (Å²) >= 11 is 0. The molecule has 0 aliphatic carbocycles. The second-order valence-electron chi connectivity index (χ2n) is 6.70. The quantitative estimate of drug-likeness (QED) is 0.341. The molecule has 0 bridgehead atoms. The van der Waals surface area contributed by atoms with Gasteiger partial charge in [0, 0.05) is 6.54 Å². The van der Waals surface area contributed by atoms with Crippen molar-refractivity contribution in [3.63, 3.8) is 0 Å². The lowest BCUT2D eigenvalue weighted by Gasteiger charge is -2.19. The van der Waals surface area contributed by atoms with E-state index in [0.717, 1.165) is 13.2 Å². The molecule has 2 heteroatoms. The molecule has 0 spiro atoms. The lowest BCUT2D eigenvalue weighted by Crippen LogP contribution is -2.22.